The van der Waals surface area contributed by atoms with Gasteiger partial charge in [0.25, 0.3) is 5.91 Å². The van der Waals surface area contributed by atoms with Crippen LogP contribution in [-0.2, 0) is 4.79 Å². The van der Waals surface area contributed by atoms with Gasteiger partial charge in [0.1, 0.15) is 5.75 Å². The molecule has 1 N–H and O–H groups in total. The lowest BCUT2D eigenvalue weighted by Gasteiger charge is -2.18. The fourth-order valence-electron chi connectivity index (χ4n) is 1.98. The summed E-state index contributed by atoms with van der Waals surface area (Å²) < 4.78 is 24.1. The molecule has 0 saturated heterocycles. The van der Waals surface area contributed by atoms with E-state index in [0.29, 0.717) is 22.9 Å². The Kier molecular flexibility index (Phi) is 5.82. The van der Waals surface area contributed by atoms with E-state index in [0.717, 1.165) is 0 Å². The van der Waals surface area contributed by atoms with E-state index in [1.807, 2.05) is 0 Å². The standard InChI is InChI=1S/C17H17ClFNO3/c1-3-14(23-16-7-5-4-6-13(16)19)17(21)20-11-8-9-15(22-2)12(18)10-11/h4-10,14H,3H2,1-2H3,(H,20,21)/t14-/m1/s1. The Hall–Kier alpha value is -2.27. The van der Waals surface area contributed by atoms with Crippen molar-refractivity contribution in [3.05, 3.63) is 53.3 Å². The average molecular weight is 338 g/mol. The molecule has 0 aliphatic rings. The predicted molar refractivity (Wildman–Crippen MR) is 87.7 cm³/mol. The van der Waals surface area contributed by atoms with Gasteiger partial charge in [0, 0.05) is 5.69 Å². The summed E-state index contributed by atoms with van der Waals surface area (Å²) in [6, 6.07) is 10.9. The second-order valence-corrected chi connectivity index (χ2v) is 5.19. The van der Waals surface area contributed by atoms with Crippen LogP contribution in [0.3, 0.4) is 0 Å². The first-order valence-corrected chi connectivity index (χ1v) is 7.48. The number of nitrogens with one attached hydrogen (secondary N) is 1. The molecule has 1 atom stereocenters. The van der Waals surface area contributed by atoms with Crippen molar-refractivity contribution in [2.75, 3.05) is 12.4 Å². The van der Waals surface area contributed by atoms with Crippen molar-refractivity contribution in [1.82, 2.24) is 0 Å². The Morgan fingerprint density at radius 2 is 2.00 bits per heavy atom. The molecule has 0 aromatic heterocycles. The van der Waals surface area contributed by atoms with Gasteiger partial charge in [-0.1, -0.05) is 30.7 Å². The summed E-state index contributed by atoms with van der Waals surface area (Å²) in [7, 11) is 1.51. The maximum Gasteiger partial charge on any atom is 0.265 e. The molecule has 2 aromatic carbocycles. The Morgan fingerprint density at radius 3 is 2.61 bits per heavy atom. The van der Waals surface area contributed by atoms with Crippen LogP contribution < -0.4 is 14.8 Å². The first-order valence-electron chi connectivity index (χ1n) is 7.10. The van der Waals surface area contributed by atoms with Crippen LogP contribution in [0.15, 0.2) is 42.5 Å². The van der Waals surface area contributed by atoms with E-state index >= 15 is 0 Å². The van der Waals surface area contributed by atoms with Gasteiger partial charge in [0.05, 0.1) is 12.1 Å². The first-order chi connectivity index (χ1) is 11.0. The van der Waals surface area contributed by atoms with Crippen LogP contribution >= 0.6 is 11.6 Å². The second kappa shape index (κ2) is 7.83. The third kappa shape index (κ3) is 4.36. The molecule has 0 heterocycles. The van der Waals surface area contributed by atoms with E-state index in [1.165, 1.54) is 19.2 Å². The fraction of sp³-hybridized carbons (Fsp3) is 0.235. The highest BCUT2D eigenvalue weighted by atomic mass is 35.5. The summed E-state index contributed by atoms with van der Waals surface area (Å²) in [5, 5.41) is 3.08. The monoisotopic (exact) mass is 337 g/mol. The second-order valence-electron chi connectivity index (χ2n) is 4.78. The highest BCUT2D eigenvalue weighted by Gasteiger charge is 2.20. The van der Waals surface area contributed by atoms with Gasteiger partial charge in [-0.05, 0) is 36.8 Å². The number of para-hydroxylation sites is 1. The molecular formula is C17H17ClFNO3. The molecule has 0 aliphatic carbocycles. The van der Waals surface area contributed by atoms with Gasteiger partial charge in [-0.15, -0.1) is 0 Å². The third-order valence-electron chi connectivity index (χ3n) is 3.19. The van der Waals surface area contributed by atoms with Crippen LogP contribution in [0.1, 0.15) is 13.3 Å². The Morgan fingerprint density at radius 1 is 1.26 bits per heavy atom. The van der Waals surface area contributed by atoms with Crippen LogP contribution in [0.4, 0.5) is 10.1 Å². The molecule has 0 spiro atoms. The Bertz CT molecular complexity index is 693. The zero-order chi connectivity index (χ0) is 16.8. The lowest BCUT2D eigenvalue weighted by Crippen LogP contribution is -2.32. The van der Waals surface area contributed by atoms with Crippen LogP contribution in [0.25, 0.3) is 0 Å². The first kappa shape index (κ1) is 17.1. The smallest absolute Gasteiger partial charge is 0.265 e. The SMILES string of the molecule is CC[C@@H](Oc1ccccc1F)C(=O)Nc1ccc(OC)c(Cl)c1. The van der Waals surface area contributed by atoms with Crippen molar-refractivity contribution in [2.24, 2.45) is 0 Å². The van der Waals surface area contributed by atoms with Crippen LogP contribution in [0.5, 0.6) is 11.5 Å². The normalized spacial score (nSPS) is 11.7. The van der Waals surface area contributed by atoms with Gasteiger partial charge in [0.15, 0.2) is 17.7 Å². The van der Waals surface area contributed by atoms with Crippen molar-refractivity contribution in [2.45, 2.75) is 19.4 Å². The number of hydrogen-bond donors (Lipinski definition) is 1. The van der Waals surface area contributed by atoms with E-state index in [1.54, 1.807) is 37.3 Å². The molecule has 2 rings (SSSR count). The molecular weight excluding hydrogens is 321 g/mol. The molecule has 4 nitrogen and oxygen atoms in total. The number of carbonyl (C=O) groups is 1. The van der Waals surface area contributed by atoms with Crippen molar-refractivity contribution < 1.29 is 18.7 Å². The molecule has 1 amide bonds. The zero-order valence-electron chi connectivity index (χ0n) is 12.8. The lowest BCUT2D eigenvalue weighted by molar-refractivity contribution is -0.122. The minimum absolute atomic E-state index is 0.0438. The van der Waals surface area contributed by atoms with Crippen molar-refractivity contribution in [3.63, 3.8) is 0 Å². The van der Waals surface area contributed by atoms with Gasteiger partial charge in [-0.2, -0.15) is 0 Å². The number of rotatable bonds is 6. The number of ether oxygens (including phenoxy) is 2. The quantitative estimate of drug-likeness (QED) is 0.855. The highest BCUT2D eigenvalue weighted by Crippen LogP contribution is 2.27. The molecule has 0 unspecified atom stereocenters. The summed E-state index contributed by atoms with van der Waals surface area (Å²) in [5.41, 5.74) is 0.511. The number of amides is 1. The summed E-state index contributed by atoms with van der Waals surface area (Å²) in [5.74, 6) is -0.329. The average Bonchev–Trinajstić information content (AvgIpc) is 2.54. The number of halogens is 2. The number of benzene rings is 2. The van der Waals surface area contributed by atoms with E-state index in [4.69, 9.17) is 21.1 Å². The van der Waals surface area contributed by atoms with Gasteiger partial charge < -0.3 is 14.8 Å². The van der Waals surface area contributed by atoms with E-state index in [2.05, 4.69) is 5.32 Å². The van der Waals surface area contributed by atoms with Gasteiger partial charge in [0.2, 0.25) is 0 Å². The Labute approximate surface area is 139 Å². The maximum atomic E-state index is 13.6. The van der Waals surface area contributed by atoms with Crippen molar-refractivity contribution in [3.8, 4) is 11.5 Å². The fourth-order valence-corrected chi connectivity index (χ4v) is 2.24. The minimum atomic E-state index is -0.812. The summed E-state index contributed by atoms with van der Waals surface area (Å²) in [6.07, 6.45) is -0.419. The molecule has 2 aromatic rings. The molecule has 0 saturated carbocycles. The minimum Gasteiger partial charge on any atom is -0.495 e. The Balaban J connectivity index is 2.08. The van der Waals surface area contributed by atoms with E-state index in [-0.39, 0.29) is 11.7 Å². The number of methoxy groups -OCH3 is 1. The number of carbonyl (C=O) groups excluding carboxylic acids is 1. The van der Waals surface area contributed by atoms with Gasteiger partial charge in [-0.25, -0.2) is 4.39 Å². The van der Waals surface area contributed by atoms with E-state index in [9.17, 15) is 9.18 Å². The third-order valence-corrected chi connectivity index (χ3v) is 3.48. The van der Waals surface area contributed by atoms with Gasteiger partial charge in [-0.3, -0.25) is 4.79 Å². The predicted octanol–water partition coefficient (Wildman–Crippen LogP) is 4.28. The summed E-state index contributed by atoms with van der Waals surface area (Å²) in [6.45, 7) is 1.78. The van der Waals surface area contributed by atoms with Crippen molar-refractivity contribution >= 4 is 23.2 Å². The largest absolute Gasteiger partial charge is 0.495 e. The number of hydrogen-bond acceptors (Lipinski definition) is 3. The van der Waals surface area contributed by atoms with Gasteiger partial charge >= 0.3 is 0 Å². The molecule has 0 radical (unpaired) electrons. The molecule has 6 heteroatoms. The molecule has 0 fully saturated rings. The number of anilines is 1. The molecule has 122 valence electrons. The van der Waals surface area contributed by atoms with Crippen LogP contribution in [-0.4, -0.2) is 19.1 Å². The summed E-state index contributed by atoms with van der Waals surface area (Å²) in [4.78, 5) is 12.3. The van der Waals surface area contributed by atoms with Crippen molar-refractivity contribution in [1.29, 1.82) is 0 Å². The zero-order valence-corrected chi connectivity index (χ0v) is 13.6. The van der Waals surface area contributed by atoms with Crippen LogP contribution in [0, 0.1) is 5.82 Å². The summed E-state index contributed by atoms with van der Waals surface area (Å²) >= 11 is 6.02. The molecule has 0 aliphatic heterocycles. The van der Waals surface area contributed by atoms with Crippen LogP contribution in [0.2, 0.25) is 5.02 Å². The topological polar surface area (TPSA) is 47.6 Å². The maximum absolute atomic E-state index is 13.6. The molecule has 0 bridgehead atoms. The highest BCUT2D eigenvalue weighted by molar-refractivity contribution is 6.32. The molecule has 23 heavy (non-hydrogen) atoms. The van der Waals surface area contributed by atoms with E-state index < -0.39 is 11.9 Å². The lowest BCUT2D eigenvalue weighted by atomic mass is 10.2.